The first kappa shape index (κ1) is 23.6. The standard InChI is InChI=1S/C23H30FN5O3/c1-3-12-28(13-4-2)14-5-11-25-19(30)10-15-29-16-26-22-20(23(29)31)21(27-32-22)17-6-8-18(24)9-7-17/h6-9,16H,3-5,10-15H2,1-2H3,(H,25,30). The Morgan fingerprint density at radius 1 is 1.16 bits per heavy atom. The van der Waals surface area contributed by atoms with Gasteiger partial charge in [0.05, 0.1) is 0 Å². The van der Waals surface area contributed by atoms with Crippen LogP contribution in [0.5, 0.6) is 0 Å². The second kappa shape index (κ2) is 11.5. The van der Waals surface area contributed by atoms with E-state index < -0.39 is 0 Å². The maximum absolute atomic E-state index is 13.2. The van der Waals surface area contributed by atoms with Crippen LogP contribution in [0.4, 0.5) is 4.39 Å². The molecule has 1 N–H and O–H groups in total. The number of carbonyl (C=O) groups excluding carboxylic acids is 1. The fraction of sp³-hybridized carbons (Fsp3) is 0.478. The average Bonchev–Trinajstić information content (AvgIpc) is 3.22. The van der Waals surface area contributed by atoms with Crippen molar-refractivity contribution in [1.29, 1.82) is 0 Å². The molecule has 3 rings (SSSR count). The van der Waals surface area contributed by atoms with Gasteiger partial charge < -0.3 is 14.7 Å². The first-order valence-electron chi connectivity index (χ1n) is 11.1. The molecule has 172 valence electrons. The van der Waals surface area contributed by atoms with Gasteiger partial charge in [-0.2, -0.15) is 0 Å². The summed E-state index contributed by atoms with van der Waals surface area (Å²) in [6.07, 6.45) is 4.65. The van der Waals surface area contributed by atoms with Crippen LogP contribution in [0.2, 0.25) is 0 Å². The molecular formula is C23H30FN5O3. The molecule has 0 aliphatic heterocycles. The molecule has 1 aromatic carbocycles. The number of aryl methyl sites for hydroxylation is 1. The third kappa shape index (κ3) is 6.00. The summed E-state index contributed by atoms with van der Waals surface area (Å²) in [6.45, 7) is 8.24. The molecule has 2 heterocycles. The van der Waals surface area contributed by atoms with E-state index in [9.17, 15) is 14.0 Å². The Balaban J connectivity index is 1.57. The third-order valence-corrected chi connectivity index (χ3v) is 5.21. The van der Waals surface area contributed by atoms with Crippen LogP contribution in [-0.4, -0.2) is 51.7 Å². The number of nitrogens with zero attached hydrogens (tertiary/aromatic N) is 4. The van der Waals surface area contributed by atoms with Crippen LogP contribution >= 0.6 is 0 Å². The number of aromatic nitrogens is 3. The molecule has 1 amide bonds. The number of nitrogens with one attached hydrogen (secondary N) is 1. The molecule has 0 bridgehead atoms. The summed E-state index contributed by atoms with van der Waals surface area (Å²) in [6, 6.07) is 5.63. The fourth-order valence-corrected chi connectivity index (χ4v) is 3.65. The summed E-state index contributed by atoms with van der Waals surface area (Å²) in [5, 5.41) is 7.06. The van der Waals surface area contributed by atoms with E-state index in [0.29, 0.717) is 17.8 Å². The van der Waals surface area contributed by atoms with Gasteiger partial charge in [-0.05, 0) is 63.2 Å². The van der Waals surface area contributed by atoms with Gasteiger partial charge in [-0.1, -0.05) is 19.0 Å². The van der Waals surface area contributed by atoms with Crippen molar-refractivity contribution >= 4 is 17.0 Å². The Bertz CT molecular complexity index is 1070. The summed E-state index contributed by atoms with van der Waals surface area (Å²) in [7, 11) is 0. The summed E-state index contributed by atoms with van der Waals surface area (Å²) < 4.78 is 19.8. The molecule has 9 heteroatoms. The molecule has 0 aliphatic rings. The first-order valence-corrected chi connectivity index (χ1v) is 11.1. The minimum absolute atomic E-state index is 0.110. The van der Waals surface area contributed by atoms with E-state index in [2.05, 4.69) is 34.2 Å². The molecule has 32 heavy (non-hydrogen) atoms. The largest absolute Gasteiger partial charge is 0.356 e. The fourth-order valence-electron chi connectivity index (χ4n) is 3.65. The number of amides is 1. The van der Waals surface area contributed by atoms with Crippen LogP contribution in [0.15, 0.2) is 39.9 Å². The van der Waals surface area contributed by atoms with E-state index in [-0.39, 0.29) is 41.3 Å². The molecular weight excluding hydrogens is 413 g/mol. The van der Waals surface area contributed by atoms with Gasteiger partial charge in [0, 0.05) is 25.1 Å². The van der Waals surface area contributed by atoms with Gasteiger partial charge in [-0.15, -0.1) is 0 Å². The zero-order chi connectivity index (χ0) is 22.9. The molecule has 0 atom stereocenters. The summed E-state index contributed by atoms with van der Waals surface area (Å²) in [4.78, 5) is 31.7. The molecule has 0 saturated carbocycles. The highest BCUT2D eigenvalue weighted by Gasteiger charge is 2.17. The highest BCUT2D eigenvalue weighted by atomic mass is 19.1. The maximum atomic E-state index is 13.2. The van der Waals surface area contributed by atoms with E-state index in [1.165, 1.54) is 35.2 Å². The lowest BCUT2D eigenvalue weighted by atomic mass is 10.1. The van der Waals surface area contributed by atoms with E-state index in [1.807, 2.05) is 0 Å². The van der Waals surface area contributed by atoms with Crippen LogP contribution in [0.3, 0.4) is 0 Å². The van der Waals surface area contributed by atoms with Crippen molar-refractivity contribution in [1.82, 2.24) is 24.9 Å². The van der Waals surface area contributed by atoms with E-state index in [4.69, 9.17) is 4.52 Å². The molecule has 0 unspecified atom stereocenters. The molecule has 0 aliphatic carbocycles. The lowest BCUT2D eigenvalue weighted by Crippen LogP contribution is -2.32. The molecule has 0 spiro atoms. The maximum Gasteiger partial charge on any atom is 0.266 e. The molecule has 2 aromatic heterocycles. The minimum atomic E-state index is -0.383. The normalized spacial score (nSPS) is 11.4. The monoisotopic (exact) mass is 443 g/mol. The second-order valence-corrected chi connectivity index (χ2v) is 7.76. The van der Waals surface area contributed by atoms with E-state index in [1.54, 1.807) is 0 Å². The number of fused-ring (bicyclic) bond motifs is 1. The lowest BCUT2D eigenvalue weighted by molar-refractivity contribution is -0.121. The van der Waals surface area contributed by atoms with Gasteiger partial charge in [0.2, 0.25) is 5.91 Å². The Morgan fingerprint density at radius 3 is 2.56 bits per heavy atom. The second-order valence-electron chi connectivity index (χ2n) is 7.76. The average molecular weight is 444 g/mol. The predicted octanol–water partition coefficient (Wildman–Crippen LogP) is 3.21. The summed E-state index contributed by atoms with van der Waals surface area (Å²) in [5.41, 5.74) is 0.622. The summed E-state index contributed by atoms with van der Waals surface area (Å²) >= 11 is 0. The van der Waals surface area contributed by atoms with E-state index >= 15 is 0 Å². The number of carbonyl (C=O) groups is 1. The first-order chi connectivity index (χ1) is 15.5. The van der Waals surface area contributed by atoms with Crippen molar-refractivity contribution in [2.45, 2.75) is 46.1 Å². The van der Waals surface area contributed by atoms with Gasteiger partial charge in [0.25, 0.3) is 11.3 Å². The number of hydrogen-bond acceptors (Lipinski definition) is 6. The van der Waals surface area contributed by atoms with Crippen LogP contribution in [0, 0.1) is 5.82 Å². The zero-order valence-corrected chi connectivity index (χ0v) is 18.6. The molecule has 0 fully saturated rings. The Morgan fingerprint density at radius 2 is 1.88 bits per heavy atom. The van der Waals surface area contributed by atoms with Crippen LogP contribution < -0.4 is 10.9 Å². The van der Waals surface area contributed by atoms with Gasteiger partial charge in [-0.3, -0.25) is 14.2 Å². The topological polar surface area (TPSA) is 93.3 Å². The van der Waals surface area contributed by atoms with Crippen LogP contribution in [0.25, 0.3) is 22.4 Å². The van der Waals surface area contributed by atoms with Crippen molar-refractivity contribution < 1.29 is 13.7 Å². The lowest BCUT2D eigenvalue weighted by Gasteiger charge is -2.20. The Labute approximate surface area is 186 Å². The number of hydrogen-bond donors (Lipinski definition) is 1. The van der Waals surface area contributed by atoms with Gasteiger partial charge in [0.15, 0.2) is 0 Å². The predicted molar refractivity (Wildman–Crippen MR) is 121 cm³/mol. The van der Waals surface area contributed by atoms with Crippen LogP contribution in [0.1, 0.15) is 39.5 Å². The Hall–Kier alpha value is -3.07. The smallest absolute Gasteiger partial charge is 0.266 e. The van der Waals surface area contributed by atoms with Crippen molar-refractivity contribution in [3.05, 3.63) is 46.8 Å². The third-order valence-electron chi connectivity index (χ3n) is 5.21. The zero-order valence-electron chi connectivity index (χ0n) is 18.6. The number of halogens is 1. The molecule has 3 aromatic rings. The number of benzene rings is 1. The Kier molecular flexibility index (Phi) is 8.49. The van der Waals surface area contributed by atoms with Gasteiger partial charge in [-0.25, -0.2) is 9.37 Å². The van der Waals surface area contributed by atoms with Gasteiger partial charge in [0.1, 0.15) is 23.2 Å². The van der Waals surface area contributed by atoms with Crippen molar-refractivity contribution in [3.8, 4) is 11.3 Å². The van der Waals surface area contributed by atoms with Crippen molar-refractivity contribution in [2.75, 3.05) is 26.2 Å². The SMILES string of the molecule is CCCN(CCC)CCCNC(=O)CCn1cnc2onc(-c3ccc(F)cc3)c2c1=O. The highest BCUT2D eigenvalue weighted by Crippen LogP contribution is 2.24. The highest BCUT2D eigenvalue weighted by molar-refractivity contribution is 5.88. The molecule has 0 radical (unpaired) electrons. The molecule has 0 saturated heterocycles. The summed E-state index contributed by atoms with van der Waals surface area (Å²) in [5.74, 6) is -0.495. The van der Waals surface area contributed by atoms with Crippen LogP contribution in [-0.2, 0) is 11.3 Å². The number of rotatable bonds is 12. The van der Waals surface area contributed by atoms with Gasteiger partial charge >= 0.3 is 0 Å². The molecule has 8 nitrogen and oxygen atoms in total. The van der Waals surface area contributed by atoms with Crippen molar-refractivity contribution in [2.24, 2.45) is 0 Å². The minimum Gasteiger partial charge on any atom is -0.356 e. The van der Waals surface area contributed by atoms with E-state index in [0.717, 1.165) is 38.9 Å². The quantitative estimate of drug-likeness (QED) is 0.432. The van der Waals surface area contributed by atoms with Crippen molar-refractivity contribution in [3.63, 3.8) is 0 Å².